The first-order valence-corrected chi connectivity index (χ1v) is 14.0. The monoisotopic (exact) mass is 535 g/mol. The molecular weight excluding hydrogens is 502 g/mol. The lowest BCUT2D eigenvalue weighted by Crippen LogP contribution is -2.25. The van der Waals surface area contributed by atoms with Gasteiger partial charge in [-0.3, -0.25) is 9.59 Å². The summed E-state index contributed by atoms with van der Waals surface area (Å²) in [7, 11) is 4.04. The molecule has 0 spiro atoms. The van der Waals surface area contributed by atoms with Crippen LogP contribution in [0.15, 0.2) is 48.5 Å². The average Bonchev–Trinajstić information content (AvgIpc) is 3.55. The molecule has 8 nitrogen and oxygen atoms in total. The van der Waals surface area contributed by atoms with Crippen molar-refractivity contribution in [2.75, 3.05) is 33.8 Å². The van der Waals surface area contributed by atoms with Gasteiger partial charge in [0.05, 0.1) is 16.6 Å². The summed E-state index contributed by atoms with van der Waals surface area (Å²) in [6.07, 6.45) is 4.31. The summed E-state index contributed by atoms with van der Waals surface area (Å²) in [6, 6.07) is 14.6. The first-order chi connectivity index (χ1) is 19.5. The number of aliphatic hydroxyl groups is 1. The van der Waals surface area contributed by atoms with E-state index in [9.17, 15) is 14.7 Å². The summed E-state index contributed by atoms with van der Waals surface area (Å²) < 4.78 is 4.65. The molecule has 0 bridgehead atoms. The number of fused-ring (bicyclic) bond motifs is 9. The molecule has 0 fully saturated rings. The highest BCUT2D eigenvalue weighted by molar-refractivity contribution is 6.31. The van der Waals surface area contributed by atoms with Gasteiger partial charge in [0.15, 0.2) is 0 Å². The number of rotatable bonds is 7. The predicted molar refractivity (Wildman–Crippen MR) is 159 cm³/mol. The lowest BCUT2D eigenvalue weighted by Gasteiger charge is -2.15. The summed E-state index contributed by atoms with van der Waals surface area (Å²) >= 11 is 0. The molecule has 3 N–H and O–H groups in total. The third kappa shape index (κ3) is 3.74. The Balaban J connectivity index is 1.43. The zero-order valence-corrected chi connectivity index (χ0v) is 22.8. The number of hydrogen-bond acceptors (Lipinski definition) is 4. The molecule has 0 saturated carbocycles. The van der Waals surface area contributed by atoms with E-state index in [1.165, 1.54) is 0 Å². The summed E-state index contributed by atoms with van der Waals surface area (Å²) in [6.45, 7) is 3.50. The van der Waals surface area contributed by atoms with Gasteiger partial charge in [-0.1, -0.05) is 24.3 Å². The maximum absolute atomic E-state index is 13.4. The molecule has 3 aromatic carbocycles. The molecule has 0 radical (unpaired) electrons. The summed E-state index contributed by atoms with van der Waals surface area (Å²) in [5.41, 5.74) is 7.04. The Morgan fingerprint density at radius 1 is 1.07 bits per heavy atom. The molecule has 40 heavy (non-hydrogen) atoms. The number of amides is 2. The minimum atomic E-state index is -0.118. The molecule has 5 aromatic rings. The molecule has 8 heteroatoms. The van der Waals surface area contributed by atoms with Crippen LogP contribution in [0.2, 0.25) is 0 Å². The molecule has 4 heterocycles. The number of para-hydroxylation sites is 1. The molecule has 204 valence electrons. The number of carbonyl (C=O) groups is 2. The van der Waals surface area contributed by atoms with Crippen LogP contribution in [0.3, 0.4) is 0 Å². The van der Waals surface area contributed by atoms with Crippen LogP contribution in [0.25, 0.3) is 49.7 Å². The van der Waals surface area contributed by atoms with Crippen molar-refractivity contribution >= 4 is 61.5 Å². The minimum Gasteiger partial charge on any atom is -0.396 e. The van der Waals surface area contributed by atoms with Crippen LogP contribution in [-0.2, 0) is 24.4 Å². The molecule has 2 aromatic heterocycles. The van der Waals surface area contributed by atoms with Crippen molar-refractivity contribution in [3.8, 4) is 0 Å². The van der Waals surface area contributed by atoms with Crippen LogP contribution in [0.4, 0.5) is 0 Å². The Morgan fingerprint density at radius 2 is 1.82 bits per heavy atom. The van der Waals surface area contributed by atoms with Crippen molar-refractivity contribution in [1.29, 1.82) is 0 Å². The second kappa shape index (κ2) is 9.50. The van der Waals surface area contributed by atoms with Crippen molar-refractivity contribution in [2.45, 2.75) is 26.1 Å². The van der Waals surface area contributed by atoms with E-state index in [2.05, 4.69) is 61.1 Å². The second-order valence-electron chi connectivity index (χ2n) is 11.3. The van der Waals surface area contributed by atoms with Crippen LogP contribution in [0.5, 0.6) is 0 Å². The van der Waals surface area contributed by atoms with E-state index >= 15 is 0 Å². The summed E-state index contributed by atoms with van der Waals surface area (Å²) in [4.78, 5) is 27.9. The van der Waals surface area contributed by atoms with Gasteiger partial charge in [0, 0.05) is 77.4 Å². The Morgan fingerprint density at radius 3 is 2.60 bits per heavy atom. The highest BCUT2D eigenvalue weighted by atomic mass is 16.3. The van der Waals surface area contributed by atoms with Crippen molar-refractivity contribution < 1.29 is 14.7 Å². The zero-order chi connectivity index (χ0) is 27.5. The standard InChI is InChI=1S/C32H33N5O3/c1-35(2)13-5-12-33-26(39)11-9-19-8-10-25-22(14-19)28-29-23(15-34-32(29)40)27-21-6-3-4-7-24(21)36-16-20(18-38)17-37(25)31(28)30(27)36/h3-4,6-11,14,20,38H,5,12-13,15-18H2,1-2H3,(H,33,39)(H,34,40)/b11-9+. The van der Waals surface area contributed by atoms with Gasteiger partial charge in [0.1, 0.15) is 0 Å². The minimum absolute atomic E-state index is 0.0321. The van der Waals surface area contributed by atoms with E-state index in [0.717, 1.165) is 73.3 Å². The second-order valence-corrected chi connectivity index (χ2v) is 11.3. The summed E-state index contributed by atoms with van der Waals surface area (Å²) in [5.74, 6) is -0.133. The van der Waals surface area contributed by atoms with E-state index in [-0.39, 0.29) is 24.3 Å². The number of benzene rings is 3. The van der Waals surface area contributed by atoms with Gasteiger partial charge in [0.25, 0.3) is 5.91 Å². The highest BCUT2D eigenvalue weighted by Crippen LogP contribution is 2.46. The van der Waals surface area contributed by atoms with Gasteiger partial charge in [-0.05, 0) is 62.5 Å². The molecule has 0 aliphatic carbocycles. The third-order valence-electron chi connectivity index (χ3n) is 8.44. The van der Waals surface area contributed by atoms with E-state index in [4.69, 9.17) is 0 Å². The van der Waals surface area contributed by atoms with Crippen LogP contribution >= 0.6 is 0 Å². The number of nitrogens with zero attached hydrogens (tertiary/aromatic N) is 3. The third-order valence-corrected chi connectivity index (χ3v) is 8.44. The lowest BCUT2D eigenvalue weighted by molar-refractivity contribution is -0.116. The molecule has 2 aliphatic heterocycles. The topological polar surface area (TPSA) is 91.5 Å². The van der Waals surface area contributed by atoms with E-state index in [0.29, 0.717) is 26.2 Å². The van der Waals surface area contributed by atoms with E-state index < -0.39 is 0 Å². The zero-order valence-electron chi connectivity index (χ0n) is 22.8. The SMILES string of the molecule is CN(C)CCCNC(=O)/C=C/c1ccc2c(c1)c1c3c(c4c5ccccc5n5c4c1n2CC(CO)C5)CNC3=O. The molecule has 0 saturated heterocycles. The molecule has 1 atom stereocenters. The number of carbonyl (C=O) groups excluding carboxylic acids is 2. The first kappa shape index (κ1) is 24.9. The predicted octanol–water partition coefficient (Wildman–Crippen LogP) is 3.85. The van der Waals surface area contributed by atoms with Crippen molar-refractivity contribution in [1.82, 2.24) is 24.7 Å². The van der Waals surface area contributed by atoms with Crippen LogP contribution in [0, 0.1) is 5.92 Å². The van der Waals surface area contributed by atoms with E-state index in [1.54, 1.807) is 6.08 Å². The fraction of sp³-hybridized carbons (Fsp3) is 0.312. The number of nitrogens with one attached hydrogen (secondary N) is 2. The Kier molecular flexibility index (Phi) is 5.91. The normalized spacial score (nSPS) is 16.7. The van der Waals surface area contributed by atoms with Gasteiger partial charge < -0.3 is 29.8 Å². The fourth-order valence-corrected chi connectivity index (χ4v) is 6.70. The van der Waals surface area contributed by atoms with Crippen LogP contribution in [-0.4, -0.2) is 64.7 Å². The van der Waals surface area contributed by atoms with Gasteiger partial charge >= 0.3 is 0 Å². The van der Waals surface area contributed by atoms with Crippen LogP contribution in [0.1, 0.15) is 27.9 Å². The smallest absolute Gasteiger partial charge is 0.252 e. The maximum Gasteiger partial charge on any atom is 0.252 e. The van der Waals surface area contributed by atoms with E-state index in [1.807, 2.05) is 26.2 Å². The number of aromatic nitrogens is 2. The Labute approximate surface area is 231 Å². The van der Waals surface area contributed by atoms with Gasteiger partial charge in [-0.2, -0.15) is 0 Å². The maximum atomic E-state index is 13.4. The quantitative estimate of drug-likeness (QED) is 0.218. The van der Waals surface area contributed by atoms with Crippen molar-refractivity contribution in [3.63, 3.8) is 0 Å². The van der Waals surface area contributed by atoms with Gasteiger partial charge in [-0.25, -0.2) is 0 Å². The molecule has 7 rings (SSSR count). The fourth-order valence-electron chi connectivity index (χ4n) is 6.70. The summed E-state index contributed by atoms with van der Waals surface area (Å²) in [5, 5.41) is 20.6. The van der Waals surface area contributed by atoms with Crippen molar-refractivity contribution in [2.24, 2.45) is 5.92 Å². The number of aliphatic hydroxyl groups excluding tert-OH is 1. The Bertz CT molecular complexity index is 1880. The molecule has 2 amide bonds. The molecule has 2 aliphatic rings. The highest BCUT2D eigenvalue weighted by Gasteiger charge is 2.34. The largest absolute Gasteiger partial charge is 0.396 e. The average molecular weight is 536 g/mol. The van der Waals surface area contributed by atoms with Crippen LogP contribution < -0.4 is 10.6 Å². The molecular formula is C32H33N5O3. The number of hydrogen-bond donors (Lipinski definition) is 3. The molecule has 1 unspecified atom stereocenters. The van der Waals surface area contributed by atoms with Crippen molar-refractivity contribution in [3.05, 3.63) is 65.2 Å². The first-order valence-electron chi connectivity index (χ1n) is 14.0. The van der Waals surface area contributed by atoms with Gasteiger partial charge in [0.2, 0.25) is 5.91 Å². The lowest BCUT2D eigenvalue weighted by atomic mass is 9.96. The van der Waals surface area contributed by atoms with Gasteiger partial charge in [-0.15, -0.1) is 0 Å². The Hall–Kier alpha value is -4.14.